The van der Waals surface area contributed by atoms with Crippen LogP contribution in [0.15, 0.2) is 134 Å². The van der Waals surface area contributed by atoms with Crippen LogP contribution in [0, 0.1) is 0 Å². The standard InChI is InChI=1S/C92H157NO18/c1-3-5-7-9-11-13-15-17-19-21-23-25-27-29-30-31-32-33-34-35-36-37-38-39-40-41-42-43-44-46-48-50-52-54-56-58-60-62-64-66-68-70-80(98)93-75(76(97)69-67-65-63-61-59-57-55-53-51-49-47-45-28-26-24-22-20-18-16-14-12-10-8-6-4-2)74-106-90-86(104)83(101)88(78(72-95)108-90)111-92-87(105)84(102)89(79(73-96)109-92)110-91-85(103)82(100)81(99)77(71-94)107-91/h5,7,11,13,17,19,23,25,29-30,32-33,35-36,38-39,41-42,44,46,67,69,75-79,81-92,94-97,99-105H,3-4,6,8-10,12,14-16,18,20-22,24,26-28,31,34,37,40,43,45,47-66,68,70-74H2,1-2H3,(H,93,98)/b7-5-,13-11-,19-17-,25-23-,30-29-,33-32-,36-35-,39-38-,42-41-,46-44-,69-67+. The van der Waals surface area contributed by atoms with Gasteiger partial charge in [0.05, 0.1) is 38.6 Å². The van der Waals surface area contributed by atoms with Crippen molar-refractivity contribution in [3.8, 4) is 0 Å². The number of aliphatic hydroxyl groups excluding tert-OH is 11. The number of hydrogen-bond donors (Lipinski definition) is 12. The van der Waals surface area contributed by atoms with E-state index < -0.39 is 124 Å². The number of carbonyl (C=O) groups is 1. The zero-order valence-corrected chi connectivity index (χ0v) is 68.6. The average Bonchev–Trinajstić information content (AvgIpc) is 0.780. The normalized spacial score (nSPS) is 25.7. The van der Waals surface area contributed by atoms with Crippen LogP contribution in [0.4, 0.5) is 0 Å². The Hall–Kier alpha value is -4.07. The Labute approximate surface area is 670 Å². The summed E-state index contributed by atoms with van der Waals surface area (Å²) in [5.41, 5.74) is 0. The van der Waals surface area contributed by atoms with Crippen LogP contribution in [0.2, 0.25) is 0 Å². The monoisotopic (exact) mass is 1560 g/mol. The third kappa shape index (κ3) is 48.9. The molecule has 3 saturated heterocycles. The molecule has 0 aromatic rings. The minimum Gasteiger partial charge on any atom is -0.394 e. The lowest BCUT2D eigenvalue weighted by Crippen LogP contribution is -2.66. The van der Waals surface area contributed by atoms with Crippen molar-refractivity contribution in [1.82, 2.24) is 5.32 Å². The highest BCUT2D eigenvalue weighted by atomic mass is 16.8. The summed E-state index contributed by atoms with van der Waals surface area (Å²) in [6, 6.07) is -0.986. The molecular formula is C92H157NO18. The topological polar surface area (TPSA) is 307 Å². The second-order valence-corrected chi connectivity index (χ2v) is 30.6. The molecule has 0 saturated carbocycles. The van der Waals surface area contributed by atoms with Gasteiger partial charge in [0, 0.05) is 6.42 Å². The van der Waals surface area contributed by atoms with Gasteiger partial charge >= 0.3 is 0 Å². The number of unbranched alkanes of at least 4 members (excludes halogenated alkanes) is 33. The lowest BCUT2D eigenvalue weighted by Gasteiger charge is -2.48. The third-order valence-electron chi connectivity index (χ3n) is 21.0. The molecule has 17 atom stereocenters. The van der Waals surface area contributed by atoms with Crippen molar-refractivity contribution in [3.63, 3.8) is 0 Å². The Morgan fingerprint density at radius 2 is 0.622 bits per heavy atom. The number of carbonyl (C=O) groups excluding carboxylic acids is 1. The van der Waals surface area contributed by atoms with E-state index in [0.717, 1.165) is 122 Å². The smallest absolute Gasteiger partial charge is 0.220 e. The number of nitrogens with one attached hydrogen (secondary N) is 1. The maximum atomic E-state index is 13.5. The van der Waals surface area contributed by atoms with E-state index in [0.29, 0.717) is 6.42 Å². The maximum absolute atomic E-state index is 13.5. The molecular weight excluding hydrogens is 1410 g/mol. The van der Waals surface area contributed by atoms with Crippen LogP contribution in [-0.2, 0) is 33.2 Å². The van der Waals surface area contributed by atoms with Gasteiger partial charge in [0.15, 0.2) is 18.9 Å². The van der Waals surface area contributed by atoms with Crippen molar-refractivity contribution in [1.29, 1.82) is 0 Å². The summed E-state index contributed by atoms with van der Waals surface area (Å²) in [6.45, 7) is 1.64. The molecule has 0 aromatic heterocycles. The van der Waals surface area contributed by atoms with Crippen molar-refractivity contribution in [2.45, 2.75) is 413 Å². The van der Waals surface area contributed by atoms with Gasteiger partial charge in [-0.2, -0.15) is 0 Å². The van der Waals surface area contributed by atoms with Gasteiger partial charge < -0.3 is 89.9 Å². The van der Waals surface area contributed by atoms with Crippen LogP contribution in [0.5, 0.6) is 0 Å². The molecule has 0 aliphatic carbocycles. The summed E-state index contributed by atoms with van der Waals surface area (Å²) in [6.07, 6.45) is 74.3. The largest absolute Gasteiger partial charge is 0.394 e. The van der Waals surface area contributed by atoms with E-state index in [4.69, 9.17) is 28.4 Å². The lowest BCUT2D eigenvalue weighted by molar-refractivity contribution is -0.379. The number of allylic oxidation sites excluding steroid dienone is 21. The summed E-state index contributed by atoms with van der Waals surface area (Å²) in [7, 11) is 0. The first-order valence-corrected chi connectivity index (χ1v) is 43.9. The molecule has 3 rings (SSSR count). The van der Waals surface area contributed by atoms with Gasteiger partial charge in [-0.15, -0.1) is 0 Å². The minimum atomic E-state index is -1.99. The second kappa shape index (κ2) is 70.2. The van der Waals surface area contributed by atoms with Gasteiger partial charge in [0.1, 0.15) is 73.2 Å². The van der Waals surface area contributed by atoms with Crippen LogP contribution >= 0.6 is 0 Å². The molecule has 12 N–H and O–H groups in total. The van der Waals surface area contributed by atoms with Crippen molar-refractivity contribution in [3.05, 3.63) is 134 Å². The molecule has 3 aliphatic rings. The van der Waals surface area contributed by atoms with Crippen LogP contribution < -0.4 is 5.32 Å². The van der Waals surface area contributed by atoms with Crippen molar-refractivity contribution in [2.24, 2.45) is 0 Å². The highest BCUT2D eigenvalue weighted by molar-refractivity contribution is 5.76. The van der Waals surface area contributed by atoms with Gasteiger partial charge in [-0.25, -0.2) is 0 Å². The zero-order chi connectivity index (χ0) is 80.3. The maximum Gasteiger partial charge on any atom is 0.220 e. The number of hydrogen-bond acceptors (Lipinski definition) is 18. The van der Waals surface area contributed by atoms with Crippen molar-refractivity contribution >= 4 is 5.91 Å². The summed E-state index contributed by atoms with van der Waals surface area (Å²) in [5, 5.41) is 121. The van der Waals surface area contributed by atoms with Crippen LogP contribution in [0.3, 0.4) is 0 Å². The van der Waals surface area contributed by atoms with Crippen LogP contribution in [0.1, 0.15) is 309 Å². The first-order valence-electron chi connectivity index (χ1n) is 43.9. The molecule has 17 unspecified atom stereocenters. The Bertz CT molecular complexity index is 2530. The molecule has 0 spiro atoms. The van der Waals surface area contributed by atoms with E-state index in [1.54, 1.807) is 6.08 Å². The van der Waals surface area contributed by atoms with Gasteiger partial charge in [0.2, 0.25) is 5.91 Å². The Balaban J connectivity index is 1.34. The first kappa shape index (κ1) is 101. The van der Waals surface area contributed by atoms with Crippen LogP contribution in [0.25, 0.3) is 0 Å². The first-order chi connectivity index (χ1) is 54.3. The summed E-state index contributed by atoms with van der Waals surface area (Å²) in [4.78, 5) is 13.5. The molecule has 0 radical (unpaired) electrons. The predicted molar refractivity (Wildman–Crippen MR) is 447 cm³/mol. The van der Waals surface area contributed by atoms with E-state index in [1.165, 1.54) is 161 Å². The number of ether oxygens (including phenoxy) is 6. The highest BCUT2D eigenvalue weighted by Crippen LogP contribution is 2.33. The Morgan fingerprint density at radius 3 is 0.973 bits per heavy atom. The fourth-order valence-electron chi connectivity index (χ4n) is 14.0. The Morgan fingerprint density at radius 1 is 0.333 bits per heavy atom. The predicted octanol–water partition coefficient (Wildman–Crippen LogP) is 16.4. The highest BCUT2D eigenvalue weighted by Gasteiger charge is 2.54. The molecule has 0 bridgehead atoms. The second-order valence-electron chi connectivity index (χ2n) is 30.6. The van der Waals surface area contributed by atoms with Gasteiger partial charge in [-0.05, 0) is 96.3 Å². The fourth-order valence-corrected chi connectivity index (χ4v) is 14.0. The molecule has 19 nitrogen and oxygen atoms in total. The molecule has 3 fully saturated rings. The summed E-state index contributed by atoms with van der Waals surface area (Å²) >= 11 is 0. The molecule has 19 heteroatoms. The summed E-state index contributed by atoms with van der Waals surface area (Å²) in [5.74, 6) is -0.282. The van der Waals surface area contributed by atoms with E-state index >= 15 is 0 Å². The van der Waals surface area contributed by atoms with E-state index in [2.05, 4.69) is 141 Å². The Kier molecular flexibility index (Phi) is 63.9. The van der Waals surface area contributed by atoms with Gasteiger partial charge in [0.25, 0.3) is 0 Å². The average molecular weight is 1570 g/mol. The number of amides is 1. The number of rotatable bonds is 69. The molecule has 3 heterocycles. The molecule has 3 aliphatic heterocycles. The quantitative estimate of drug-likeness (QED) is 0.0199. The SMILES string of the molecule is CC/C=C\C/C=C\C/C=C\C/C=C\C/C=C\C/C=C\C/C=C\C/C=C\C/C=C\C/C=C\CCCCCCCCCCCCC(=O)NC(COC1OC(CO)C(OC2OC(CO)C(OC3OC(CO)C(O)C(O)C3O)C(O)C2O)C(O)C1O)C(O)/C=C/CCCCCCCCCCCCCCCCCCCCCCCCC. The van der Waals surface area contributed by atoms with Crippen molar-refractivity contribution in [2.75, 3.05) is 26.4 Å². The number of aliphatic hydroxyl groups is 11. The van der Waals surface area contributed by atoms with Gasteiger partial charge in [-0.3, -0.25) is 4.79 Å². The van der Waals surface area contributed by atoms with Gasteiger partial charge in [-0.1, -0.05) is 340 Å². The minimum absolute atomic E-state index is 0.231. The van der Waals surface area contributed by atoms with E-state index in [9.17, 15) is 61.0 Å². The molecule has 111 heavy (non-hydrogen) atoms. The molecule has 638 valence electrons. The van der Waals surface area contributed by atoms with E-state index in [-0.39, 0.29) is 18.9 Å². The molecule has 1 amide bonds. The summed E-state index contributed by atoms with van der Waals surface area (Å²) < 4.78 is 34.5. The lowest BCUT2D eigenvalue weighted by atomic mass is 9.96. The molecule has 0 aromatic carbocycles. The zero-order valence-electron chi connectivity index (χ0n) is 68.6. The third-order valence-corrected chi connectivity index (χ3v) is 21.0. The van der Waals surface area contributed by atoms with Crippen LogP contribution in [-0.4, -0.2) is 193 Å². The fraction of sp³-hybridized carbons (Fsp3) is 0.750. The van der Waals surface area contributed by atoms with E-state index in [1.807, 2.05) is 6.08 Å². The van der Waals surface area contributed by atoms with Crippen molar-refractivity contribution < 1.29 is 89.4 Å².